The molecule has 2 aliphatic heterocycles. The molecule has 0 aromatic heterocycles. The van der Waals surface area contributed by atoms with E-state index in [0.29, 0.717) is 19.1 Å². The van der Waals surface area contributed by atoms with Crippen LogP contribution in [0.2, 0.25) is 0 Å². The van der Waals surface area contributed by atoms with Crippen LogP contribution in [-0.2, 0) is 9.53 Å². The molecule has 6 nitrogen and oxygen atoms in total. The summed E-state index contributed by atoms with van der Waals surface area (Å²) in [7, 11) is 0. The largest absolute Gasteiger partial charge is 0.444 e. The zero-order chi connectivity index (χ0) is 17.9. The van der Waals surface area contributed by atoms with E-state index in [1.165, 1.54) is 0 Å². The fraction of sp³-hybridized carbons (Fsp3) is 0.889. The van der Waals surface area contributed by atoms with Gasteiger partial charge in [-0.15, -0.1) is 0 Å². The van der Waals surface area contributed by atoms with Crippen molar-refractivity contribution in [1.82, 2.24) is 14.7 Å². The van der Waals surface area contributed by atoms with Gasteiger partial charge in [-0.3, -0.25) is 9.69 Å². The Morgan fingerprint density at radius 3 is 2.33 bits per heavy atom. The van der Waals surface area contributed by atoms with Gasteiger partial charge in [-0.25, -0.2) is 4.79 Å². The highest BCUT2D eigenvalue weighted by Gasteiger charge is 2.35. The molecule has 2 amide bonds. The second-order valence-electron chi connectivity index (χ2n) is 8.22. The first kappa shape index (κ1) is 19.0. The third-order valence-electron chi connectivity index (χ3n) is 4.76. The predicted octanol–water partition coefficient (Wildman–Crippen LogP) is 2.19. The lowest BCUT2D eigenvalue weighted by molar-refractivity contribution is -0.135. The lowest BCUT2D eigenvalue weighted by Crippen LogP contribution is -2.41. The summed E-state index contributed by atoms with van der Waals surface area (Å²) in [6.07, 6.45) is 1.45. The van der Waals surface area contributed by atoms with E-state index in [-0.39, 0.29) is 17.9 Å². The van der Waals surface area contributed by atoms with Gasteiger partial charge in [0, 0.05) is 45.3 Å². The number of amides is 2. The van der Waals surface area contributed by atoms with Crippen molar-refractivity contribution in [2.75, 3.05) is 39.3 Å². The van der Waals surface area contributed by atoms with Crippen LogP contribution in [0.4, 0.5) is 4.79 Å². The molecule has 2 rings (SSSR count). The molecule has 0 spiro atoms. The van der Waals surface area contributed by atoms with Crippen LogP contribution in [0.5, 0.6) is 0 Å². The van der Waals surface area contributed by atoms with Crippen molar-refractivity contribution < 1.29 is 14.3 Å². The van der Waals surface area contributed by atoms with Crippen LogP contribution < -0.4 is 0 Å². The Kier molecular flexibility index (Phi) is 6.12. The van der Waals surface area contributed by atoms with E-state index in [1.807, 2.05) is 25.7 Å². The van der Waals surface area contributed by atoms with Crippen LogP contribution in [0.15, 0.2) is 0 Å². The second-order valence-corrected chi connectivity index (χ2v) is 8.22. The van der Waals surface area contributed by atoms with Gasteiger partial charge < -0.3 is 14.5 Å². The monoisotopic (exact) mass is 339 g/mol. The van der Waals surface area contributed by atoms with Crippen molar-refractivity contribution in [2.45, 2.75) is 59.1 Å². The van der Waals surface area contributed by atoms with E-state index in [4.69, 9.17) is 4.74 Å². The van der Waals surface area contributed by atoms with Crippen LogP contribution in [-0.4, -0.2) is 77.6 Å². The molecule has 1 atom stereocenters. The van der Waals surface area contributed by atoms with Crippen LogP contribution in [0, 0.1) is 5.92 Å². The van der Waals surface area contributed by atoms with E-state index < -0.39 is 5.60 Å². The number of carbonyl (C=O) groups excluding carboxylic acids is 2. The molecule has 0 N–H and O–H groups in total. The quantitative estimate of drug-likeness (QED) is 0.774. The molecule has 6 heteroatoms. The number of nitrogens with zero attached hydrogens (tertiary/aromatic N) is 3. The Morgan fingerprint density at radius 1 is 1.00 bits per heavy atom. The highest BCUT2D eigenvalue weighted by molar-refractivity contribution is 5.80. The average Bonchev–Trinajstić information content (AvgIpc) is 2.82. The number of carbonyl (C=O) groups is 2. The highest BCUT2D eigenvalue weighted by Crippen LogP contribution is 2.22. The van der Waals surface area contributed by atoms with Crippen LogP contribution in [0.3, 0.4) is 0 Å². The van der Waals surface area contributed by atoms with Crippen molar-refractivity contribution >= 4 is 12.0 Å². The molecular formula is C18H33N3O3. The minimum Gasteiger partial charge on any atom is -0.444 e. The maximum atomic E-state index is 12.8. The summed E-state index contributed by atoms with van der Waals surface area (Å²) in [5.74, 6) is 0.120. The van der Waals surface area contributed by atoms with Gasteiger partial charge in [0.2, 0.25) is 5.91 Å². The van der Waals surface area contributed by atoms with Gasteiger partial charge in [-0.1, -0.05) is 0 Å². The number of hydrogen-bond donors (Lipinski definition) is 0. The van der Waals surface area contributed by atoms with Crippen LogP contribution in [0.25, 0.3) is 0 Å². The molecule has 0 radical (unpaired) electrons. The molecular weight excluding hydrogens is 306 g/mol. The second kappa shape index (κ2) is 7.72. The van der Waals surface area contributed by atoms with Crippen molar-refractivity contribution in [3.8, 4) is 0 Å². The van der Waals surface area contributed by atoms with Gasteiger partial charge in [0.25, 0.3) is 0 Å². The van der Waals surface area contributed by atoms with E-state index in [1.54, 1.807) is 4.90 Å². The summed E-state index contributed by atoms with van der Waals surface area (Å²) >= 11 is 0. The van der Waals surface area contributed by atoms with Gasteiger partial charge in [0.15, 0.2) is 0 Å². The molecule has 138 valence electrons. The molecule has 24 heavy (non-hydrogen) atoms. The van der Waals surface area contributed by atoms with Crippen molar-refractivity contribution in [3.05, 3.63) is 0 Å². The molecule has 0 aliphatic carbocycles. The van der Waals surface area contributed by atoms with Crippen LogP contribution in [0.1, 0.15) is 47.5 Å². The standard InChI is InChI=1S/C18H33N3O3/c1-14(2)19-8-6-9-20(12-11-19)16(22)15-7-10-21(13-15)17(23)24-18(3,4)5/h14-15H,6-13H2,1-5H3/t15-/m1/s1. The zero-order valence-electron chi connectivity index (χ0n) is 15.9. The van der Waals surface area contributed by atoms with Crippen molar-refractivity contribution in [3.63, 3.8) is 0 Å². The highest BCUT2D eigenvalue weighted by atomic mass is 16.6. The summed E-state index contributed by atoms with van der Waals surface area (Å²) in [5.41, 5.74) is -0.496. The van der Waals surface area contributed by atoms with Gasteiger partial charge >= 0.3 is 6.09 Å². The Morgan fingerprint density at radius 2 is 1.71 bits per heavy atom. The van der Waals surface area contributed by atoms with E-state index in [2.05, 4.69) is 18.7 Å². The molecule has 0 saturated carbocycles. The summed E-state index contributed by atoms with van der Waals surface area (Å²) in [6, 6.07) is 0.522. The van der Waals surface area contributed by atoms with E-state index >= 15 is 0 Å². The minimum atomic E-state index is -0.496. The first-order chi connectivity index (χ1) is 11.2. The number of rotatable bonds is 2. The maximum absolute atomic E-state index is 12.8. The molecule has 2 heterocycles. The molecule has 0 unspecified atom stereocenters. The zero-order valence-corrected chi connectivity index (χ0v) is 15.9. The SMILES string of the molecule is CC(C)N1CCCN(C(=O)[C@@H]2CCN(C(=O)OC(C)(C)C)C2)CC1. The molecule has 0 bridgehead atoms. The van der Waals surface area contributed by atoms with E-state index in [0.717, 1.165) is 39.0 Å². The van der Waals surface area contributed by atoms with Crippen molar-refractivity contribution in [2.24, 2.45) is 5.92 Å². The number of ether oxygens (including phenoxy) is 1. The summed E-state index contributed by atoms with van der Waals surface area (Å²) < 4.78 is 5.41. The predicted molar refractivity (Wildman–Crippen MR) is 93.8 cm³/mol. The van der Waals surface area contributed by atoms with Gasteiger partial charge in [-0.2, -0.15) is 0 Å². The molecule has 0 aromatic carbocycles. The first-order valence-corrected chi connectivity index (χ1v) is 9.18. The summed E-state index contributed by atoms with van der Waals surface area (Å²) in [4.78, 5) is 31.1. The minimum absolute atomic E-state index is 0.0804. The summed E-state index contributed by atoms with van der Waals surface area (Å²) in [5, 5.41) is 0. The third-order valence-corrected chi connectivity index (χ3v) is 4.76. The molecule has 2 aliphatic rings. The Hall–Kier alpha value is -1.30. The molecule has 2 fully saturated rings. The number of hydrogen-bond acceptors (Lipinski definition) is 4. The van der Waals surface area contributed by atoms with Gasteiger partial charge in [-0.05, 0) is 47.5 Å². The Bertz CT molecular complexity index is 459. The lowest BCUT2D eigenvalue weighted by atomic mass is 10.1. The van der Waals surface area contributed by atoms with Gasteiger partial charge in [0.05, 0.1) is 5.92 Å². The molecule has 2 saturated heterocycles. The third kappa shape index (κ3) is 5.10. The average molecular weight is 339 g/mol. The lowest BCUT2D eigenvalue weighted by Gasteiger charge is -2.27. The normalized spacial score (nSPS) is 23.5. The topological polar surface area (TPSA) is 53.1 Å². The number of likely N-dealkylation sites (tertiary alicyclic amines) is 1. The Balaban J connectivity index is 1.86. The van der Waals surface area contributed by atoms with E-state index in [9.17, 15) is 9.59 Å². The van der Waals surface area contributed by atoms with Gasteiger partial charge in [0.1, 0.15) is 5.60 Å². The smallest absolute Gasteiger partial charge is 0.410 e. The fourth-order valence-electron chi connectivity index (χ4n) is 3.39. The maximum Gasteiger partial charge on any atom is 0.410 e. The van der Waals surface area contributed by atoms with Crippen LogP contribution >= 0.6 is 0 Å². The van der Waals surface area contributed by atoms with Crippen molar-refractivity contribution in [1.29, 1.82) is 0 Å². The fourth-order valence-corrected chi connectivity index (χ4v) is 3.39. The first-order valence-electron chi connectivity index (χ1n) is 9.18. The molecule has 0 aromatic rings. The Labute approximate surface area is 146 Å². The summed E-state index contributed by atoms with van der Waals surface area (Å²) in [6.45, 7) is 14.7.